The van der Waals surface area contributed by atoms with Gasteiger partial charge in [0.1, 0.15) is 0 Å². The molecule has 20 heavy (non-hydrogen) atoms. The van der Waals surface area contributed by atoms with Crippen LogP contribution in [0.2, 0.25) is 0 Å². The van der Waals surface area contributed by atoms with E-state index in [0.29, 0.717) is 0 Å². The van der Waals surface area contributed by atoms with E-state index in [1.807, 2.05) is 17.1 Å². The maximum absolute atomic E-state index is 11.8. The van der Waals surface area contributed by atoms with Crippen LogP contribution in [0.1, 0.15) is 32.1 Å². The van der Waals surface area contributed by atoms with Gasteiger partial charge in [-0.05, 0) is 49.4 Å². The van der Waals surface area contributed by atoms with Gasteiger partial charge in [-0.3, -0.25) is 4.79 Å². The SMILES string of the molecule is C#CC#CC#CCC/C=C/C=C/C(=O)N1CCCCC1. The number of carbonyl (C=O) groups is 1. The minimum Gasteiger partial charge on any atom is -0.339 e. The summed E-state index contributed by atoms with van der Waals surface area (Å²) in [7, 11) is 0. The molecule has 0 bridgehead atoms. The normalized spacial score (nSPS) is 14.2. The second kappa shape index (κ2) is 10.5. The van der Waals surface area contributed by atoms with Crippen molar-refractivity contribution < 1.29 is 4.79 Å². The van der Waals surface area contributed by atoms with E-state index in [0.717, 1.165) is 38.8 Å². The van der Waals surface area contributed by atoms with Crippen LogP contribution < -0.4 is 0 Å². The summed E-state index contributed by atoms with van der Waals surface area (Å²) < 4.78 is 0. The van der Waals surface area contributed by atoms with Crippen LogP contribution >= 0.6 is 0 Å². The number of nitrogens with zero attached hydrogens (tertiary/aromatic N) is 1. The number of terminal acetylenes is 1. The molecule has 0 atom stereocenters. The molecule has 0 spiro atoms. The van der Waals surface area contributed by atoms with Crippen LogP contribution in [0.15, 0.2) is 24.3 Å². The molecule has 1 rings (SSSR count). The van der Waals surface area contributed by atoms with E-state index in [9.17, 15) is 4.79 Å². The van der Waals surface area contributed by atoms with Crippen molar-refractivity contribution in [2.45, 2.75) is 32.1 Å². The van der Waals surface area contributed by atoms with Crippen molar-refractivity contribution in [1.29, 1.82) is 0 Å². The van der Waals surface area contributed by atoms with Gasteiger partial charge in [-0.25, -0.2) is 0 Å². The van der Waals surface area contributed by atoms with Crippen molar-refractivity contribution in [2.24, 2.45) is 0 Å². The third-order valence-corrected chi connectivity index (χ3v) is 2.88. The van der Waals surface area contributed by atoms with Crippen molar-refractivity contribution in [1.82, 2.24) is 4.90 Å². The molecule has 0 aromatic rings. The van der Waals surface area contributed by atoms with E-state index >= 15 is 0 Å². The first-order valence-corrected chi connectivity index (χ1v) is 6.90. The number of carbonyl (C=O) groups excluding carboxylic acids is 1. The van der Waals surface area contributed by atoms with Crippen LogP contribution in [0.5, 0.6) is 0 Å². The Morgan fingerprint density at radius 2 is 1.90 bits per heavy atom. The first-order valence-electron chi connectivity index (χ1n) is 6.90. The van der Waals surface area contributed by atoms with Gasteiger partial charge in [-0.15, -0.1) is 6.42 Å². The van der Waals surface area contributed by atoms with E-state index in [4.69, 9.17) is 6.42 Å². The zero-order valence-corrected chi connectivity index (χ0v) is 11.7. The van der Waals surface area contributed by atoms with Gasteiger partial charge in [0.25, 0.3) is 0 Å². The number of unbranched alkanes of at least 4 members (excludes halogenated alkanes) is 1. The number of likely N-dealkylation sites (tertiary alicyclic amines) is 1. The van der Waals surface area contributed by atoms with Crippen LogP contribution in [0.3, 0.4) is 0 Å². The molecule has 0 aliphatic carbocycles. The fourth-order valence-electron chi connectivity index (χ4n) is 1.86. The predicted octanol–water partition coefficient (Wildman–Crippen LogP) is 2.53. The topological polar surface area (TPSA) is 20.3 Å². The zero-order valence-electron chi connectivity index (χ0n) is 11.7. The Morgan fingerprint density at radius 3 is 2.65 bits per heavy atom. The summed E-state index contributed by atoms with van der Waals surface area (Å²) in [5.74, 6) is 12.9. The molecule has 2 nitrogen and oxygen atoms in total. The third kappa shape index (κ3) is 7.15. The van der Waals surface area contributed by atoms with Gasteiger partial charge in [0.15, 0.2) is 0 Å². The van der Waals surface area contributed by atoms with Gasteiger partial charge < -0.3 is 4.90 Å². The van der Waals surface area contributed by atoms with Crippen LogP contribution in [0.25, 0.3) is 0 Å². The molecule has 0 radical (unpaired) electrons. The molecule has 1 fully saturated rings. The second-order valence-corrected chi connectivity index (χ2v) is 4.41. The average molecular weight is 265 g/mol. The van der Waals surface area contributed by atoms with Crippen molar-refractivity contribution in [3.05, 3.63) is 24.3 Å². The summed E-state index contributed by atoms with van der Waals surface area (Å²) in [4.78, 5) is 13.7. The van der Waals surface area contributed by atoms with Gasteiger partial charge in [-0.1, -0.05) is 24.1 Å². The Balaban J connectivity index is 2.19. The fourth-order valence-corrected chi connectivity index (χ4v) is 1.86. The maximum atomic E-state index is 11.8. The summed E-state index contributed by atoms with van der Waals surface area (Å²) in [6.07, 6.45) is 17.3. The Bertz CT molecular complexity index is 520. The van der Waals surface area contributed by atoms with E-state index < -0.39 is 0 Å². The minimum atomic E-state index is 0.110. The lowest BCUT2D eigenvalue weighted by molar-refractivity contribution is -0.126. The molecule has 0 aromatic heterocycles. The van der Waals surface area contributed by atoms with Gasteiger partial charge in [0, 0.05) is 25.6 Å². The number of allylic oxidation sites excluding steroid dienone is 3. The van der Waals surface area contributed by atoms with Crippen molar-refractivity contribution in [3.8, 4) is 36.0 Å². The summed E-state index contributed by atoms with van der Waals surface area (Å²) in [5.41, 5.74) is 0. The number of rotatable bonds is 4. The lowest BCUT2D eigenvalue weighted by Crippen LogP contribution is -2.34. The zero-order chi connectivity index (χ0) is 14.5. The lowest BCUT2D eigenvalue weighted by atomic mass is 10.1. The third-order valence-electron chi connectivity index (χ3n) is 2.88. The molecule has 102 valence electrons. The first-order chi connectivity index (χ1) is 9.84. The van der Waals surface area contributed by atoms with Gasteiger partial charge in [0.2, 0.25) is 5.91 Å². The van der Waals surface area contributed by atoms with Gasteiger partial charge in [0.05, 0.1) is 0 Å². The van der Waals surface area contributed by atoms with Crippen molar-refractivity contribution in [3.63, 3.8) is 0 Å². The highest BCUT2D eigenvalue weighted by Gasteiger charge is 2.12. The highest BCUT2D eigenvalue weighted by molar-refractivity contribution is 5.87. The Morgan fingerprint density at radius 1 is 1.10 bits per heavy atom. The molecule has 0 saturated carbocycles. The summed E-state index contributed by atoms with van der Waals surface area (Å²) in [6, 6.07) is 0. The Kier molecular flexibility index (Phi) is 8.27. The van der Waals surface area contributed by atoms with Crippen molar-refractivity contribution >= 4 is 5.91 Å². The molecule has 1 amide bonds. The molecular formula is C18H19NO. The molecular weight excluding hydrogens is 246 g/mol. The minimum absolute atomic E-state index is 0.110. The predicted molar refractivity (Wildman–Crippen MR) is 82.3 cm³/mol. The smallest absolute Gasteiger partial charge is 0.246 e. The first kappa shape index (κ1) is 15.7. The monoisotopic (exact) mass is 265 g/mol. The standard InChI is InChI=1S/C18H19NO/c1-2-3-4-5-6-7-8-9-10-12-15-18(20)19-16-13-11-14-17-19/h1,9-10,12,15H,7-8,11,13-14,16-17H2/b10-9+,15-12+. The van der Waals surface area contributed by atoms with Gasteiger partial charge >= 0.3 is 0 Å². The van der Waals surface area contributed by atoms with Crippen LogP contribution in [0, 0.1) is 36.0 Å². The number of hydrogen-bond acceptors (Lipinski definition) is 1. The molecule has 1 heterocycles. The molecule has 0 unspecified atom stereocenters. The largest absolute Gasteiger partial charge is 0.339 e. The molecule has 1 saturated heterocycles. The molecule has 0 aromatic carbocycles. The number of amides is 1. The summed E-state index contributed by atoms with van der Waals surface area (Å²) in [5, 5.41) is 0. The molecule has 1 aliphatic rings. The Hall–Kier alpha value is -2.37. The van der Waals surface area contributed by atoms with Crippen LogP contribution in [-0.4, -0.2) is 23.9 Å². The van der Waals surface area contributed by atoms with E-state index in [2.05, 4.69) is 29.6 Å². The number of hydrogen-bond donors (Lipinski definition) is 0. The van der Waals surface area contributed by atoms with Crippen molar-refractivity contribution in [2.75, 3.05) is 13.1 Å². The highest BCUT2D eigenvalue weighted by atomic mass is 16.2. The molecule has 0 N–H and O–H groups in total. The molecule has 1 aliphatic heterocycles. The number of piperidine rings is 1. The fraction of sp³-hybridized carbons (Fsp3) is 0.389. The summed E-state index contributed by atoms with van der Waals surface area (Å²) in [6.45, 7) is 1.78. The van der Waals surface area contributed by atoms with Crippen LogP contribution in [0.4, 0.5) is 0 Å². The van der Waals surface area contributed by atoms with Gasteiger partial charge in [-0.2, -0.15) is 0 Å². The van der Waals surface area contributed by atoms with Crippen LogP contribution in [-0.2, 0) is 4.79 Å². The lowest BCUT2D eigenvalue weighted by Gasteiger charge is -2.25. The van der Waals surface area contributed by atoms with E-state index in [1.165, 1.54) is 6.42 Å². The Labute approximate surface area is 121 Å². The maximum Gasteiger partial charge on any atom is 0.246 e. The van der Waals surface area contributed by atoms with E-state index in [-0.39, 0.29) is 5.91 Å². The highest BCUT2D eigenvalue weighted by Crippen LogP contribution is 2.08. The second-order valence-electron chi connectivity index (χ2n) is 4.41. The molecule has 2 heteroatoms. The average Bonchev–Trinajstić information content (AvgIpc) is 2.50. The quantitative estimate of drug-likeness (QED) is 0.331. The summed E-state index contributed by atoms with van der Waals surface area (Å²) >= 11 is 0. The van der Waals surface area contributed by atoms with E-state index in [1.54, 1.807) is 12.2 Å².